The van der Waals surface area contributed by atoms with Crippen LogP contribution in [0.4, 0.5) is 0 Å². The maximum atomic E-state index is 11.9. The van der Waals surface area contributed by atoms with Gasteiger partial charge in [0, 0.05) is 25.2 Å². The molecule has 0 bridgehead atoms. The summed E-state index contributed by atoms with van der Waals surface area (Å²) in [7, 11) is 3.18. The molecule has 0 atom stereocenters. The standard InChI is InChI=1S/C20H17N5O2/c1-4-25-16(10-12-6-5-7-22-18(12)25)19-23-15-9-13(20(26)27-3)8-14(11-21)17(15)24(19)2/h5-10H,4H2,1-3H3. The van der Waals surface area contributed by atoms with Crippen LogP contribution in [0, 0.1) is 11.3 Å². The summed E-state index contributed by atoms with van der Waals surface area (Å²) in [6.07, 6.45) is 1.77. The molecule has 0 N–H and O–H groups in total. The summed E-state index contributed by atoms with van der Waals surface area (Å²) in [6.45, 7) is 2.79. The van der Waals surface area contributed by atoms with Crippen LogP contribution in [0.3, 0.4) is 0 Å². The maximum Gasteiger partial charge on any atom is 0.337 e. The third-order valence-corrected chi connectivity index (χ3v) is 4.71. The summed E-state index contributed by atoms with van der Waals surface area (Å²) in [5.41, 5.74) is 3.75. The first-order chi connectivity index (χ1) is 13.1. The van der Waals surface area contributed by atoms with Gasteiger partial charge in [-0.3, -0.25) is 0 Å². The van der Waals surface area contributed by atoms with Gasteiger partial charge < -0.3 is 13.9 Å². The predicted molar refractivity (Wildman–Crippen MR) is 101 cm³/mol. The number of ether oxygens (including phenoxy) is 1. The molecule has 27 heavy (non-hydrogen) atoms. The van der Waals surface area contributed by atoms with Crippen LogP contribution in [0.5, 0.6) is 0 Å². The first-order valence-corrected chi connectivity index (χ1v) is 8.52. The molecule has 0 amide bonds. The second kappa shape index (κ2) is 6.25. The van der Waals surface area contributed by atoms with Gasteiger partial charge in [-0.05, 0) is 37.3 Å². The van der Waals surface area contributed by atoms with Crippen molar-refractivity contribution in [1.82, 2.24) is 19.1 Å². The Bertz CT molecular complexity index is 1240. The Balaban J connectivity index is 2.03. The molecule has 0 saturated carbocycles. The Kier molecular flexibility index (Phi) is 3.89. The van der Waals surface area contributed by atoms with E-state index in [2.05, 4.69) is 22.5 Å². The number of aromatic nitrogens is 4. The van der Waals surface area contributed by atoms with Gasteiger partial charge in [-0.2, -0.15) is 5.26 Å². The lowest BCUT2D eigenvalue weighted by Crippen LogP contribution is -2.03. The van der Waals surface area contributed by atoms with Crippen LogP contribution in [-0.4, -0.2) is 32.2 Å². The zero-order valence-corrected chi connectivity index (χ0v) is 15.2. The van der Waals surface area contributed by atoms with Crippen molar-refractivity contribution in [1.29, 1.82) is 5.26 Å². The van der Waals surface area contributed by atoms with Crippen molar-refractivity contribution >= 4 is 28.0 Å². The highest BCUT2D eigenvalue weighted by Crippen LogP contribution is 2.30. The molecule has 0 spiro atoms. The first kappa shape index (κ1) is 16.8. The number of nitriles is 1. The van der Waals surface area contributed by atoms with Crippen molar-refractivity contribution in [2.45, 2.75) is 13.5 Å². The molecule has 0 saturated heterocycles. The quantitative estimate of drug-likeness (QED) is 0.524. The molecule has 134 valence electrons. The molecule has 1 aromatic carbocycles. The number of benzene rings is 1. The Morgan fingerprint density at radius 2 is 2.15 bits per heavy atom. The lowest BCUT2D eigenvalue weighted by molar-refractivity contribution is 0.0601. The SMILES string of the molecule is CCn1c(-c2nc3cc(C(=O)OC)cc(C#N)c3n2C)cc2cccnc21. The highest BCUT2D eigenvalue weighted by Gasteiger charge is 2.20. The number of pyridine rings is 1. The number of nitrogens with zero attached hydrogens (tertiary/aromatic N) is 5. The summed E-state index contributed by atoms with van der Waals surface area (Å²) in [6, 6.07) is 11.3. The second-order valence-electron chi connectivity index (χ2n) is 6.18. The van der Waals surface area contributed by atoms with Crippen molar-refractivity contribution < 1.29 is 9.53 Å². The number of fused-ring (bicyclic) bond motifs is 2. The van der Waals surface area contributed by atoms with Crippen molar-refractivity contribution in [2.75, 3.05) is 7.11 Å². The molecule has 0 aliphatic heterocycles. The zero-order chi connectivity index (χ0) is 19.1. The first-order valence-electron chi connectivity index (χ1n) is 8.52. The number of rotatable bonds is 3. The van der Waals surface area contributed by atoms with Gasteiger partial charge in [-0.15, -0.1) is 0 Å². The Morgan fingerprint density at radius 1 is 1.33 bits per heavy atom. The van der Waals surface area contributed by atoms with Crippen LogP contribution >= 0.6 is 0 Å². The predicted octanol–water partition coefficient (Wildman–Crippen LogP) is 3.27. The van der Waals surface area contributed by atoms with Gasteiger partial charge >= 0.3 is 5.97 Å². The number of aryl methyl sites for hydroxylation is 2. The number of carbonyl (C=O) groups is 1. The Labute approximate surface area is 155 Å². The summed E-state index contributed by atoms with van der Waals surface area (Å²) < 4.78 is 8.76. The fourth-order valence-electron chi connectivity index (χ4n) is 3.49. The molecule has 0 aliphatic rings. The molecular formula is C20H17N5O2. The third-order valence-electron chi connectivity index (χ3n) is 4.71. The molecule has 4 rings (SSSR count). The van der Waals surface area contributed by atoms with E-state index in [9.17, 15) is 10.1 Å². The van der Waals surface area contributed by atoms with E-state index in [1.54, 1.807) is 12.3 Å². The summed E-state index contributed by atoms with van der Waals surface area (Å²) >= 11 is 0. The maximum absolute atomic E-state index is 11.9. The van der Waals surface area contributed by atoms with Gasteiger partial charge in [0.25, 0.3) is 0 Å². The van der Waals surface area contributed by atoms with Crippen LogP contribution in [0.25, 0.3) is 33.6 Å². The topological polar surface area (TPSA) is 85.7 Å². The minimum Gasteiger partial charge on any atom is -0.465 e. The minimum absolute atomic E-state index is 0.309. The van der Waals surface area contributed by atoms with Gasteiger partial charge in [-0.1, -0.05) is 0 Å². The van der Waals surface area contributed by atoms with E-state index in [4.69, 9.17) is 9.72 Å². The van der Waals surface area contributed by atoms with Gasteiger partial charge in [0.05, 0.1) is 35.0 Å². The smallest absolute Gasteiger partial charge is 0.337 e. The van der Waals surface area contributed by atoms with Crippen molar-refractivity contribution in [3.63, 3.8) is 0 Å². The fourth-order valence-corrected chi connectivity index (χ4v) is 3.49. The number of methoxy groups -OCH3 is 1. The highest BCUT2D eigenvalue weighted by atomic mass is 16.5. The monoisotopic (exact) mass is 359 g/mol. The van der Waals surface area contributed by atoms with Crippen molar-refractivity contribution in [2.24, 2.45) is 7.05 Å². The van der Waals surface area contributed by atoms with E-state index in [-0.39, 0.29) is 0 Å². The van der Waals surface area contributed by atoms with Crippen molar-refractivity contribution in [3.05, 3.63) is 47.7 Å². The molecule has 7 heteroatoms. The lowest BCUT2D eigenvalue weighted by atomic mass is 10.1. The molecule has 0 fully saturated rings. The van der Waals surface area contributed by atoms with E-state index < -0.39 is 5.97 Å². The highest BCUT2D eigenvalue weighted by molar-refractivity contribution is 5.97. The Morgan fingerprint density at radius 3 is 2.85 bits per heavy atom. The van der Waals surface area contributed by atoms with Crippen LogP contribution in [-0.2, 0) is 18.3 Å². The van der Waals surface area contributed by atoms with Crippen LogP contribution in [0.2, 0.25) is 0 Å². The van der Waals surface area contributed by atoms with E-state index >= 15 is 0 Å². The van der Waals surface area contributed by atoms with Crippen LogP contribution in [0.15, 0.2) is 36.5 Å². The van der Waals surface area contributed by atoms with Gasteiger partial charge in [0.1, 0.15) is 11.7 Å². The molecular weight excluding hydrogens is 342 g/mol. The van der Waals surface area contributed by atoms with E-state index in [1.165, 1.54) is 13.2 Å². The van der Waals surface area contributed by atoms with Gasteiger partial charge in [0.2, 0.25) is 0 Å². The largest absolute Gasteiger partial charge is 0.465 e. The summed E-state index contributed by atoms with van der Waals surface area (Å²) in [4.78, 5) is 21.1. The summed E-state index contributed by atoms with van der Waals surface area (Å²) in [5.74, 6) is 0.218. The van der Waals surface area contributed by atoms with E-state index in [1.807, 2.05) is 29.8 Å². The second-order valence-corrected chi connectivity index (χ2v) is 6.18. The number of hydrogen-bond donors (Lipinski definition) is 0. The third kappa shape index (κ3) is 2.46. The fraction of sp³-hybridized carbons (Fsp3) is 0.200. The van der Waals surface area contributed by atoms with E-state index in [0.29, 0.717) is 28.0 Å². The van der Waals surface area contributed by atoms with Gasteiger partial charge in [-0.25, -0.2) is 14.8 Å². The molecule has 0 radical (unpaired) electrons. The number of hydrogen-bond acceptors (Lipinski definition) is 5. The van der Waals surface area contributed by atoms with Crippen LogP contribution in [0.1, 0.15) is 22.8 Å². The average Bonchev–Trinajstić information content (AvgIpc) is 3.23. The lowest BCUT2D eigenvalue weighted by Gasteiger charge is -2.07. The number of carbonyl (C=O) groups excluding carboxylic acids is 1. The van der Waals surface area contributed by atoms with Gasteiger partial charge in [0.15, 0.2) is 5.82 Å². The molecule has 7 nitrogen and oxygen atoms in total. The van der Waals surface area contributed by atoms with Crippen molar-refractivity contribution in [3.8, 4) is 17.6 Å². The normalized spacial score (nSPS) is 11.0. The zero-order valence-electron chi connectivity index (χ0n) is 15.2. The molecule has 4 aromatic rings. The minimum atomic E-state index is -0.493. The number of esters is 1. The molecule has 3 aromatic heterocycles. The van der Waals surface area contributed by atoms with Crippen LogP contribution < -0.4 is 0 Å². The molecule has 0 unspecified atom stereocenters. The Hall–Kier alpha value is -3.66. The number of imidazole rings is 1. The summed E-state index contributed by atoms with van der Waals surface area (Å²) in [5, 5.41) is 10.6. The molecule has 0 aliphatic carbocycles. The molecule has 3 heterocycles. The average molecular weight is 359 g/mol. The van der Waals surface area contributed by atoms with E-state index in [0.717, 1.165) is 23.3 Å².